The van der Waals surface area contributed by atoms with Crippen molar-refractivity contribution in [1.82, 2.24) is 0 Å². The van der Waals surface area contributed by atoms with Crippen molar-refractivity contribution in [2.75, 3.05) is 0 Å². The number of rotatable bonds is 0. The molecular weight excluding hydrogens is 180 g/mol. The third kappa shape index (κ3) is 0.741. The van der Waals surface area contributed by atoms with E-state index in [0.717, 1.165) is 16.8 Å². The van der Waals surface area contributed by atoms with Crippen LogP contribution in [0.25, 0.3) is 0 Å². The number of hydrogen-bond acceptors (Lipinski definition) is 1. The van der Waals surface area contributed by atoms with Gasteiger partial charge in [0.15, 0.2) is 0 Å². The second-order valence-corrected chi connectivity index (χ2v) is 2.91. The molecule has 0 saturated carbocycles. The number of halogens is 1. The Labute approximate surface area is 61.8 Å². The van der Waals surface area contributed by atoms with Gasteiger partial charge in [-0.05, 0) is 33.6 Å². The van der Waals surface area contributed by atoms with Gasteiger partial charge in [-0.1, -0.05) is 6.07 Å². The van der Waals surface area contributed by atoms with Crippen LogP contribution in [-0.2, 0) is 6.61 Å². The minimum absolute atomic E-state index is 0.737. The first-order chi connectivity index (χ1) is 4.36. The van der Waals surface area contributed by atoms with Gasteiger partial charge in [0.1, 0.15) is 12.4 Å². The molecule has 0 saturated heterocycles. The van der Waals surface area contributed by atoms with Crippen molar-refractivity contribution in [2.45, 2.75) is 6.61 Å². The van der Waals surface area contributed by atoms with Gasteiger partial charge < -0.3 is 4.74 Å². The maximum atomic E-state index is 5.27. The summed E-state index contributed by atoms with van der Waals surface area (Å²) in [4.78, 5) is 0. The van der Waals surface area contributed by atoms with Gasteiger partial charge >= 0.3 is 0 Å². The van der Waals surface area contributed by atoms with E-state index in [1.165, 1.54) is 5.56 Å². The lowest BCUT2D eigenvalue weighted by atomic mass is 10.2. The van der Waals surface area contributed by atoms with E-state index in [1.54, 1.807) is 0 Å². The minimum atomic E-state index is 0.737. The van der Waals surface area contributed by atoms with E-state index in [-0.39, 0.29) is 0 Å². The largest absolute Gasteiger partial charge is 0.488 e. The second-order valence-electron chi connectivity index (χ2n) is 2.05. The summed E-state index contributed by atoms with van der Waals surface area (Å²) in [5.74, 6) is 0.949. The van der Waals surface area contributed by atoms with E-state index >= 15 is 0 Å². The van der Waals surface area contributed by atoms with Crippen molar-refractivity contribution in [2.24, 2.45) is 0 Å². The molecule has 9 heavy (non-hydrogen) atoms. The number of hydrogen-bond donors (Lipinski definition) is 0. The third-order valence-corrected chi connectivity index (χ3v) is 2.01. The predicted molar refractivity (Wildman–Crippen MR) is 38.5 cm³/mol. The van der Waals surface area contributed by atoms with Gasteiger partial charge in [0.25, 0.3) is 0 Å². The molecule has 1 aromatic carbocycles. The van der Waals surface area contributed by atoms with Crippen LogP contribution < -0.4 is 4.74 Å². The van der Waals surface area contributed by atoms with E-state index in [1.807, 2.05) is 6.07 Å². The van der Waals surface area contributed by atoms with Crippen molar-refractivity contribution < 1.29 is 4.74 Å². The smallest absolute Gasteiger partial charge is 0.134 e. The van der Waals surface area contributed by atoms with Crippen LogP contribution in [0.5, 0.6) is 5.75 Å². The Bertz CT molecular complexity index is 245. The number of benzene rings is 1. The van der Waals surface area contributed by atoms with Crippen LogP contribution in [0.15, 0.2) is 22.7 Å². The Morgan fingerprint density at radius 2 is 2.33 bits per heavy atom. The summed E-state index contributed by atoms with van der Waals surface area (Å²) >= 11 is 3.37. The second kappa shape index (κ2) is 1.74. The molecule has 0 N–H and O–H groups in total. The summed E-state index contributed by atoms with van der Waals surface area (Å²) in [7, 11) is 0. The number of fused-ring (bicyclic) bond motifs is 3. The van der Waals surface area contributed by atoms with E-state index < -0.39 is 0 Å². The maximum Gasteiger partial charge on any atom is 0.134 e. The van der Waals surface area contributed by atoms with E-state index in [9.17, 15) is 0 Å². The van der Waals surface area contributed by atoms with E-state index in [0.29, 0.717) is 0 Å². The van der Waals surface area contributed by atoms with E-state index in [2.05, 4.69) is 28.1 Å². The quantitative estimate of drug-likeness (QED) is 0.602. The average Bonchev–Trinajstić information content (AvgIpc) is 1.90. The molecule has 2 aliphatic rings. The zero-order valence-electron chi connectivity index (χ0n) is 4.73. The molecule has 0 unspecified atom stereocenters. The van der Waals surface area contributed by atoms with Crippen molar-refractivity contribution >= 4 is 15.9 Å². The van der Waals surface area contributed by atoms with Crippen LogP contribution in [0.2, 0.25) is 0 Å². The summed E-state index contributed by atoms with van der Waals surface area (Å²) < 4.78 is 6.33. The van der Waals surface area contributed by atoms with Crippen LogP contribution in [0.4, 0.5) is 0 Å². The van der Waals surface area contributed by atoms with Crippen LogP contribution in [-0.4, -0.2) is 0 Å². The van der Waals surface area contributed by atoms with Crippen LogP contribution in [0, 0.1) is 0 Å². The maximum absolute atomic E-state index is 5.27. The van der Waals surface area contributed by atoms with Gasteiger partial charge in [0, 0.05) is 0 Å². The van der Waals surface area contributed by atoms with Crippen molar-refractivity contribution in [3.05, 3.63) is 28.2 Å². The highest BCUT2D eigenvalue weighted by Gasteiger charge is 2.08. The molecule has 0 atom stereocenters. The van der Waals surface area contributed by atoms with Gasteiger partial charge in [0.05, 0.1) is 4.47 Å². The van der Waals surface area contributed by atoms with Crippen molar-refractivity contribution in [1.29, 1.82) is 0 Å². The SMILES string of the molecule is Brc1cc2ccc1OC2. The monoisotopic (exact) mass is 184 g/mol. The summed E-state index contributed by atoms with van der Waals surface area (Å²) in [6.07, 6.45) is 0. The zero-order chi connectivity index (χ0) is 6.27. The summed E-state index contributed by atoms with van der Waals surface area (Å²) in [6, 6.07) is 6.13. The molecule has 3 rings (SSSR count). The molecular formula is C7H5BrO. The predicted octanol–water partition coefficient (Wildman–Crippen LogP) is 2.34. The first-order valence-electron chi connectivity index (χ1n) is 2.77. The highest BCUT2D eigenvalue weighted by molar-refractivity contribution is 9.10. The fourth-order valence-electron chi connectivity index (χ4n) is 0.912. The molecule has 0 aliphatic carbocycles. The van der Waals surface area contributed by atoms with Gasteiger partial charge in [-0.2, -0.15) is 0 Å². The van der Waals surface area contributed by atoms with Gasteiger partial charge in [-0.3, -0.25) is 0 Å². The van der Waals surface area contributed by atoms with Crippen molar-refractivity contribution in [3.8, 4) is 5.75 Å². The molecule has 2 aliphatic heterocycles. The Kier molecular flexibility index (Phi) is 1.02. The van der Waals surface area contributed by atoms with Crippen molar-refractivity contribution in [3.63, 3.8) is 0 Å². The molecule has 2 heterocycles. The third-order valence-electron chi connectivity index (χ3n) is 1.39. The van der Waals surface area contributed by atoms with Crippen LogP contribution in [0.3, 0.4) is 0 Å². The highest BCUT2D eigenvalue weighted by atomic mass is 79.9. The highest BCUT2D eigenvalue weighted by Crippen LogP contribution is 2.30. The van der Waals surface area contributed by atoms with Gasteiger partial charge in [-0.15, -0.1) is 0 Å². The molecule has 0 aromatic heterocycles. The Morgan fingerprint density at radius 3 is 2.56 bits per heavy atom. The molecule has 2 bridgehead atoms. The molecule has 0 amide bonds. The Morgan fingerprint density at radius 1 is 1.44 bits per heavy atom. The lowest BCUT2D eigenvalue weighted by Gasteiger charge is -2.14. The molecule has 1 aromatic rings. The standard InChI is InChI=1S/C7H5BrO/c8-6-3-5-1-2-7(6)9-4-5/h1-3H,4H2. The topological polar surface area (TPSA) is 9.23 Å². The lowest BCUT2D eigenvalue weighted by molar-refractivity contribution is 0.292. The fourth-order valence-corrected chi connectivity index (χ4v) is 1.45. The zero-order valence-corrected chi connectivity index (χ0v) is 6.31. The normalized spacial score (nSPS) is 13.4. The molecule has 46 valence electrons. The van der Waals surface area contributed by atoms with Gasteiger partial charge in [0.2, 0.25) is 0 Å². The summed E-state index contributed by atoms with van der Waals surface area (Å²) in [5.41, 5.74) is 1.23. The molecule has 2 heteroatoms. The van der Waals surface area contributed by atoms with Gasteiger partial charge in [-0.25, -0.2) is 0 Å². The van der Waals surface area contributed by atoms with Crippen LogP contribution >= 0.6 is 15.9 Å². The first-order valence-corrected chi connectivity index (χ1v) is 3.57. The Balaban J connectivity index is 2.70. The van der Waals surface area contributed by atoms with Crippen LogP contribution in [0.1, 0.15) is 5.56 Å². The summed E-state index contributed by atoms with van der Waals surface area (Å²) in [5, 5.41) is 0. The molecule has 1 nitrogen and oxygen atoms in total. The number of ether oxygens (including phenoxy) is 1. The first kappa shape index (κ1) is 5.30. The molecule has 0 radical (unpaired) electrons. The molecule has 0 fully saturated rings. The Hall–Kier alpha value is -0.500. The lowest BCUT2D eigenvalue weighted by Crippen LogP contribution is -2.01. The fraction of sp³-hybridized carbons (Fsp3) is 0.143. The molecule has 0 spiro atoms. The minimum Gasteiger partial charge on any atom is -0.488 e. The summed E-state index contributed by atoms with van der Waals surface area (Å²) in [6.45, 7) is 0.737. The average molecular weight is 185 g/mol. The van der Waals surface area contributed by atoms with E-state index in [4.69, 9.17) is 4.74 Å².